The van der Waals surface area contributed by atoms with Crippen LogP contribution in [0.5, 0.6) is 0 Å². The van der Waals surface area contributed by atoms with E-state index in [1.165, 1.54) is 34.3 Å². The van der Waals surface area contributed by atoms with Gasteiger partial charge in [0.25, 0.3) is 0 Å². The molecule has 1 aliphatic heterocycles. The summed E-state index contributed by atoms with van der Waals surface area (Å²) in [4.78, 5) is 9.88. The van der Waals surface area contributed by atoms with Gasteiger partial charge < -0.3 is 4.98 Å². The first-order valence-corrected chi connectivity index (χ1v) is 11.5. The molecule has 0 bridgehead atoms. The number of hydrogen-bond donors (Lipinski definition) is 2. The van der Waals surface area contributed by atoms with E-state index in [0.29, 0.717) is 23.5 Å². The summed E-state index contributed by atoms with van der Waals surface area (Å²) in [5.41, 5.74) is 6.89. The number of pyridine rings is 1. The monoisotopic (exact) mass is 451 g/mol. The maximum Gasteiger partial charge on any atom is 0.141 e. The Bertz CT molecular complexity index is 1220. The zero-order valence-corrected chi connectivity index (χ0v) is 19.1. The van der Waals surface area contributed by atoms with Crippen LogP contribution in [0.1, 0.15) is 55.2 Å². The first kappa shape index (κ1) is 21.2. The minimum atomic E-state index is -0.338. The Kier molecular flexibility index (Phi) is 5.74. The van der Waals surface area contributed by atoms with Gasteiger partial charge >= 0.3 is 0 Å². The predicted octanol–water partition coefficient (Wildman–Crippen LogP) is 6.25. The Hall–Kier alpha value is -2.70. The largest absolute Gasteiger partial charge is 0.354 e. The van der Waals surface area contributed by atoms with E-state index in [4.69, 9.17) is 11.6 Å². The first-order valence-electron chi connectivity index (χ1n) is 11.2. The molecule has 0 aliphatic carbocycles. The Labute approximate surface area is 192 Å². The summed E-state index contributed by atoms with van der Waals surface area (Å²) in [7, 11) is 0. The van der Waals surface area contributed by atoms with E-state index in [1.807, 2.05) is 12.4 Å². The van der Waals surface area contributed by atoms with Gasteiger partial charge in [0.2, 0.25) is 0 Å². The van der Waals surface area contributed by atoms with Gasteiger partial charge in [-0.3, -0.25) is 10.00 Å². The van der Waals surface area contributed by atoms with Gasteiger partial charge in [0.1, 0.15) is 11.0 Å². The van der Waals surface area contributed by atoms with Gasteiger partial charge in [-0.1, -0.05) is 31.5 Å². The number of fused-ring (bicyclic) bond motifs is 1. The summed E-state index contributed by atoms with van der Waals surface area (Å²) in [6.45, 7) is 7.03. The van der Waals surface area contributed by atoms with Crippen molar-refractivity contribution in [3.05, 3.63) is 70.5 Å². The average Bonchev–Trinajstić information content (AvgIpc) is 3.44. The van der Waals surface area contributed by atoms with Crippen molar-refractivity contribution in [3.63, 3.8) is 0 Å². The third kappa shape index (κ3) is 4.05. The van der Waals surface area contributed by atoms with Crippen molar-refractivity contribution in [1.29, 1.82) is 0 Å². The van der Waals surface area contributed by atoms with Crippen LogP contribution in [0.15, 0.2) is 42.9 Å². The van der Waals surface area contributed by atoms with Crippen molar-refractivity contribution in [3.8, 4) is 11.3 Å². The Morgan fingerprint density at radius 2 is 2.00 bits per heavy atom. The van der Waals surface area contributed by atoms with Crippen molar-refractivity contribution in [2.24, 2.45) is 0 Å². The van der Waals surface area contributed by atoms with E-state index in [0.717, 1.165) is 42.8 Å². The molecule has 2 N–H and O–H groups in total. The molecule has 1 fully saturated rings. The maximum atomic E-state index is 13.5. The third-order valence-corrected chi connectivity index (χ3v) is 6.90. The van der Waals surface area contributed by atoms with Crippen molar-refractivity contribution < 1.29 is 4.39 Å². The number of likely N-dealkylation sites (tertiary alicyclic amines) is 1. The van der Waals surface area contributed by atoms with Gasteiger partial charge in [0.15, 0.2) is 0 Å². The molecule has 1 aliphatic rings. The summed E-state index contributed by atoms with van der Waals surface area (Å²) in [6.07, 6.45) is 7.11. The number of nitrogens with zero attached hydrogens (tertiary/aromatic N) is 3. The molecule has 0 atom stereocenters. The normalized spacial score (nSPS) is 15.8. The molecular weight excluding hydrogens is 425 g/mol. The summed E-state index contributed by atoms with van der Waals surface area (Å²) >= 11 is 6.16. The van der Waals surface area contributed by atoms with Crippen LogP contribution in [0.25, 0.3) is 22.2 Å². The zero-order valence-electron chi connectivity index (χ0n) is 18.3. The van der Waals surface area contributed by atoms with Crippen LogP contribution < -0.4 is 0 Å². The number of piperidine rings is 1. The number of aromatic amines is 2. The topological polar surface area (TPSA) is 60.6 Å². The summed E-state index contributed by atoms with van der Waals surface area (Å²) in [5.74, 6) is 0.578. The third-order valence-electron chi connectivity index (χ3n) is 6.56. The van der Waals surface area contributed by atoms with Crippen molar-refractivity contribution in [1.82, 2.24) is 25.1 Å². The molecule has 0 unspecified atom stereocenters. The highest BCUT2D eigenvalue weighted by Gasteiger charge is 2.23. The number of halogens is 2. The number of aromatic nitrogens is 4. The fourth-order valence-corrected chi connectivity index (χ4v) is 5.10. The first-order chi connectivity index (χ1) is 15.5. The van der Waals surface area contributed by atoms with E-state index in [1.54, 1.807) is 0 Å². The smallest absolute Gasteiger partial charge is 0.141 e. The molecule has 0 spiro atoms. The lowest BCUT2D eigenvalue weighted by Crippen LogP contribution is -2.32. The molecule has 166 valence electrons. The number of H-pyrrole nitrogens is 2. The van der Waals surface area contributed by atoms with Crippen LogP contribution in [-0.2, 0) is 6.54 Å². The van der Waals surface area contributed by atoms with E-state index >= 15 is 0 Å². The quantitative estimate of drug-likeness (QED) is 0.352. The minimum Gasteiger partial charge on any atom is -0.354 e. The molecule has 0 saturated carbocycles. The second-order valence-electron chi connectivity index (χ2n) is 9.01. The average molecular weight is 452 g/mol. The molecule has 1 aromatic carbocycles. The molecular formula is C25H27ClFN5. The van der Waals surface area contributed by atoms with Crippen LogP contribution in [-0.4, -0.2) is 38.2 Å². The zero-order chi connectivity index (χ0) is 22.2. The van der Waals surface area contributed by atoms with E-state index in [9.17, 15) is 4.39 Å². The summed E-state index contributed by atoms with van der Waals surface area (Å²) in [5, 5.41) is 8.74. The van der Waals surface area contributed by atoms with Gasteiger partial charge in [-0.05, 0) is 67.1 Å². The lowest BCUT2D eigenvalue weighted by molar-refractivity contribution is 0.204. The van der Waals surface area contributed by atoms with Crippen molar-refractivity contribution in [2.75, 3.05) is 13.1 Å². The maximum absolute atomic E-state index is 13.5. The van der Waals surface area contributed by atoms with Gasteiger partial charge in [0.05, 0.1) is 18.1 Å². The Balaban J connectivity index is 1.35. The molecule has 3 aromatic heterocycles. The number of benzene rings is 1. The molecule has 7 heteroatoms. The predicted molar refractivity (Wildman–Crippen MR) is 126 cm³/mol. The lowest BCUT2D eigenvalue weighted by Gasteiger charge is -2.32. The van der Waals surface area contributed by atoms with E-state index < -0.39 is 0 Å². The minimum absolute atomic E-state index is 0.338. The molecule has 4 heterocycles. The number of hydrogen-bond acceptors (Lipinski definition) is 3. The lowest BCUT2D eigenvalue weighted by atomic mass is 9.87. The second-order valence-corrected chi connectivity index (χ2v) is 9.37. The van der Waals surface area contributed by atoms with Gasteiger partial charge in [-0.15, -0.1) is 0 Å². The highest BCUT2D eigenvalue weighted by Crippen LogP contribution is 2.38. The number of rotatable bonds is 5. The molecule has 5 nitrogen and oxygen atoms in total. The molecule has 4 aromatic rings. The van der Waals surface area contributed by atoms with Gasteiger partial charge in [-0.25, -0.2) is 9.37 Å². The van der Waals surface area contributed by atoms with Crippen LogP contribution in [0.3, 0.4) is 0 Å². The molecule has 5 rings (SSSR count). The SMILES string of the molecule is CC(C)c1c(-c2cn[nH]c2)[nH]c2ccc(C3CCN(Cc4cc(F)cnc4Cl)CC3)cc12. The van der Waals surface area contributed by atoms with Crippen LogP contribution in [0, 0.1) is 5.82 Å². The molecule has 0 amide bonds. The summed E-state index contributed by atoms with van der Waals surface area (Å²) in [6, 6.07) is 8.34. The fraction of sp³-hybridized carbons (Fsp3) is 0.360. The van der Waals surface area contributed by atoms with Crippen LogP contribution in [0.4, 0.5) is 4.39 Å². The Morgan fingerprint density at radius 1 is 1.19 bits per heavy atom. The Morgan fingerprint density at radius 3 is 2.72 bits per heavy atom. The number of nitrogens with one attached hydrogen (secondary N) is 2. The molecule has 32 heavy (non-hydrogen) atoms. The highest BCUT2D eigenvalue weighted by atomic mass is 35.5. The molecule has 1 saturated heterocycles. The van der Waals surface area contributed by atoms with E-state index in [-0.39, 0.29) is 5.82 Å². The standard InChI is InChI=1S/C25H27ClFN5/c1-15(2)23-21-10-17(3-4-22(21)31-24(23)19-11-29-30-12-19)16-5-7-32(8-6-16)14-18-9-20(27)13-28-25(18)26/h3-4,9-13,15-16,31H,5-8,14H2,1-2H3,(H,29,30). The second kappa shape index (κ2) is 8.68. The van der Waals surface area contributed by atoms with Crippen molar-refractivity contribution >= 4 is 22.5 Å². The van der Waals surface area contributed by atoms with Gasteiger partial charge in [0, 0.05) is 34.8 Å². The van der Waals surface area contributed by atoms with Crippen LogP contribution >= 0.6 is 11.6 Å². The fourth-order valence-electron chi connectivity index (χ4n) is 4.94. The van der Waals surface area contributed by atoms with E-state index in [2.05, 4.69) is 57.1 Å². The molecule has 0 radical (unpaired) electrons. The van der Waals surface area contributed by atoms with Crippen LogP contribution in [0.2, 0.25) is 5.15 Å². The highest BCUT2D eigenvalue weighted by molar-refractivity contribution is 6.30. The summed E-state index contributed by atoms with van der Waals surface area (Å²) < 4.78 is 13.5. The van der Waals surface area contributed by atoms with Crippen molar-refractivity contribution in [2.45, 2.75) is 45.1 Å². The van der Waals surface area contributed by atoms with Gasteiger partial charge in [-0.2, -0.15) is 5.10 Å².